The summed E-state index contributed by atoms with van der Waals surface area (Å²) in [4.78, 5) is 46.6. The second-order valence-electron chi connectivity index (χ2n) is 11.7. The molecule has 1 spiro atoms. The average molecular weight is 607 g/mol. The molecule has 1 N–H and O–H groups in total. The fraction of sp³-hybridized carbons (Fsp3) is 0.424. The van der Waals surface area contributed by atoms with Crippen LogP contribution in [0.1, 0.15) is 30.9 Å². The summed E-state index contributed by atoms with van der Waals surface area (Å²) >= 11 is 8.17. The number of thioether (sulfide) groups is 1. The number of hydrogen-bond donors (Lipinski definition) is 1. The van der Waals surface area contributed by atoms with E-state index in [1.165, 1.54) is 11.8 Å². The first-order valence-electron chi connectivity index (χ1n) is 14.5. The van der Waals surface area contributed by atoms with Gasteiger partial charge in [0.2, 0.25) is 5.91 Å². The molecule has 7 nitrogen and oxygen atoms in total. The van der Waals surface area contributed by atoms with Gasteiger partial charge in [-0.1, -0.05) is 78.4 Å². The number of benzene rings is 2. The van der Waals surface area contributed by atoms with Crippen LogP contribution in [0.3, 0.4) is 0 Å². The van der Waals surface area contributed by atoms with Gasteiger partial charge in [-0.3, -0.25) is 14.4 Å². The molecule has 6 rings (SSSR count). The molecule has 2 aromatic rings. The SMILES string of the molecule is Cc1cccc(Cl)c1N1CC=C[C@]23S[C@@]4(C)/C=C\CCCOC(=O)[C@H]4[C@H]2C(=O)N([C@@H](CO)Cc2ccccc2)C3C1=O. The molecule has 2 amide bonds. The standard InChI is InChI=1S/C33H35ClN2O5S/c1-21-11-9-14-24(34)27(21)35-17-10-16-33-25(26-31(40)41-18-8-4-7-15-32(26,2)42-33)29(38)36(28(33)30(35)39)23(20-37)19-22-12-5-3-6-13-22/h3,5-7,9-16,23,25-26,28,37H,4,8,17-20H2,1-2H3/b15-7-/t23-,25+,26-,28?,32+,33+/m1/s1. The minimum Gasteiger partial charge on any atom is -0.465 e. The molecule has 0 saturated carbocycles. The highest BCUT2D eigenvalue weighted by Crippen LogP contribution is 2.65. The van der Waals surface area contributed by atoms with E-state index in [9.17, 15) is 19.5 Å². The lowest BCUT2D eigenvalue weighted by atomic mass is 9.74. The largest absolute Gasteiger partial charge is 0.465 e. The minimum atomic E-state index is -1.05. The minimum absolute atomic E-state index is 0.265. The van der Waals surface area contributed by atoms with Gasteiger partial charge >= 0.3 is 5.97 Å². The summed E-state index contributed by atoms with van der Waals surface area (Å²) in [6, 6.07) is 13.5. The van der Waals surface area contributed by atoms with Crippen molar-refractivity contribution in [3.63, 3.8) is 0 Å². The van der Waals surface area contributed by atoms with Crippen molar-refractivity contribution in [2.75, 3.05) is 24.7 Å². The van der Waals surface area contributed by atoms with Gasteiger partial charge in [-0.15, -0.1) is 11.8 Å². The van der Waals surface area contributed by atoms with Gasteiger partial charge in [0.05, 0.1) is 46.5 Å². The second-order valence-corrected chi connectivity index (χ2v) is 13.9. The van der Waals surface area contributed by atoms with Gasteiger partial charge < -0.3 is 19.6 Å². The van der Waals surface area contributed by atoms with Gasteiger partial charge in [0.25, 0.3) is 5.91 Å². The van der Waals surface area contributed by atoms with Crippen LogP contribution in [0.5, 0.6) is 0 Å². The summed E-state index contributed by atoms with van der Waals surface area (Å²) < 4.78 is 3.91. The molecule has 0 bridgehead atoms. The van der Waals surface area contributed by atoms with Crippen molar-refractivity contribution in [2.45, 2.75) is 54.7 Å². The Morgan fingerprint density at radius 1 is 1.05 bits per heavy atom. The molecular formula is C33H35ClN2O5S. The summed E-state index contributed by atoms with van der Waals surface area (Å²) in [5.74, 6) is -2.64. The number of anilines is 1. The van der Waals surface area contributed by atoms with Gasteiger partial charge in [-0.2, -0.15) is 0 Å². The maximum Gasteiger partial charge on any atom is 0.311 e. The molecule has 4 aliphatic heterocycles. The second kappa shape index (κ2) is 11.2. The van der Waals surface area contributed by atoms with E-state index < -0.39 is 39.4 Å². The number of para-hydroxylation sites is 1. The Kier molecular flexibility index (Phi) is 7.75. The molecule has 0 aromatic heterocycles. The summed E-state index contributed by atoms with van der Waals surface area (Å²) in [6.45, 7) is 4.09. The zero-order valence-electron chi connectivity index (χ0n) is 23.7. The first-order chi connectivity index (χ1) is 20.2. The van der Waals surface area contributed by atoms with Crippen molar-refractivity contribution >= 4 is 46.8 Å². The molecule has 220 valence electrons. The predicted molar refractivity (Wildman–Crippen MR) is 164 cm³/mol. The van der Waals surface area contributed by atoms with Gasteiger partial charge in [0.1, 0.15) is 6.04 Å². The van der Waals surface area contributed by atoms with E-state index in [0.29, 0.717) is 23.6 Å². The smallest absolute Gasteiger partial charge is 0.311 e. The quantitative estimate of drug-likeness (QED) is 0.391. The Labute approximate surface area is 255 Å². The number of ether oxygens (including phenoxy) is 1. The number of esters is 1. The number of likely N-dealkylation sites (tertiary alicyclic amines) is 1. The lowest BCUT2D eigenvalue weighted by molar-refractivity contribution is -0.154. The van der Waals surface area contributed by atoms with E-state index in [2.05, 4.69) is 6.08 Å². The molecule has 4 heterocycles. The highest BCUT2D eigenvalue weighted by Gasteiger charge is 2.74. The molecule has 1 unspecified atom stereocenters. The van der Waals surface area contributed by atoms with E-state index in [0.717, 1.165) is 17.5 Å². The van der Waals surface area contributed by atoms with E-state index in [1.54, 1.807) is 15.9 Å². The normalized spacial score (nSPS) is 32.2. The molecule has 0 aliphatic carbocycles. The van der Waals surface area contributed by atoms with Crippen molar-refractivity contribution in [3.05, 3.63) is 89.0 Å². The van der Waals surface area contributed by atoms with E-state index in [1.807, 2.05) is 74.5 Å². The van der Waals surface area contributed by atoms with Crippen LogP contribution >= 0.6 is 23.4 Å². The number of aryl methyl sites for hydroxylation is 1. The summed E-state index contributed by atoms with van der Waals surface area (Å²) in [5, 5.41) is 11.2. The third-order valence-corrected chi connectivity index (χ3v) is 11.2. The maximum absolute atomic E-state index is 14.9. The molecule has 9 heteroatoms. The number of fused-ring (bicyclic) bond motifs is 2. The Hall–Kier alpha value is -3.07. The third kappa shape index (κ3) is 4.59. The van der Waals surface area contributed by atoms with Crippen LogP contribution in [0.4, 0.5) is 5.69 Å². The highest BCUT2D eigenvalue weighted by atomic mass is 35.5. The van der Waals surface area contributed by atoms with Crippen molar-refractivity contribution in [2.24, 2.45) is 11.8 Å². The van der Waals surface area contributed by atoms with E-state index in [4.69, 9.17) is 16.3 Å². The van der Waals surface area contributed by atoms with E-state index in [-0.39, 0.29) is 31.6 Å². The molecule has 2 fully saturated rings. The number of rotatable bonds is 5. The molecule has 0 radical (unpaired) electrons. The fourth-order valence-corrected chi connectivity index (χ4v) is 9.73. The number of aliphatic hydroxyl groups is 1. The zero-order chi connectivity index (χ0) is 29.6. The number of nitrogens with zero attached hydrogens (tertiary/aromatic N) is 2. The van der Waals surface area contributed by atoms with Crippen LogP contribution in [0.15, 0.2) is 72.8 Å². The zero-order valence-corrected chi connectivity index (χ0v) is 25.3. The van der Waals surface area contributed by atoms with Crippen LogP contribution in [-0.2, 0) is 25.5 Å². The molecule has 2 aromatic carbocycles. The summed E-state index contributed by atoms with van der Waals surface area (Å²) in [5.41, 5.74) is 2.38. The van der Waals surface area contributed by atoms with Crippen LogP contribution in [0.2, 0.25) is 5.02 Å². The lowest BCUT2D eigenvalue weighted by Crippen LogP contribution is -2.57. The Balaban J connectivity index is 1.52. The van der Waals surface area contributed by atoms with Crippen LogP contribution in [0.25, 0.3) is 0 Å². The molecule has 2 saturated heterocycles. The van der Waals surface area contributed by atoms with Crippen LogP contribution in [-0.4, -0.2) is 69.1 Å². The number of hydrogen-bond acceptors (Lipinski definition) is 6. The van der Waals surface area contributed by atoms with Crippen LogP contribution < -0.4 is 4.90 Å². The van der Waals surface area contributed by atoms with Crippen LogP contribution in [0, 0.1) is 18.8 Å². The Morgan fingerprint density at radius 2 is 1.83 bits per heavy atom. The fourth-order valence-electron chi connectivity index (χ4n) is 7.27. The summed E-state index contributed by atoms with van der Waals surface area (Å²) in [6.07, 6.45) is 9.82. The number of carbonyl (C=O) groups excluding carboxylic acids is 3. The number of cyclic esters (lactones) is 1. The number of aliphatic hydroxyl groups excluding tert-OH is 1. The number of amides is 2. The topological polar surface area (TPSA) is 87.2 Å². The third-order valence-electron chi connectivity index (χ3n) is 9.06. The molecule has 6 atom stereocenters. The lowest BCUT2D eigenvalue weighted by Gasteiger charge is -2.40. The number of carbonyl (C=O) groups is 3. The Bertz CT molecular complexity index is 1440. The van der Waals surface area contributed by atoms with Gasteiger partial charge in [0, 0.05) is 11.3 Å². The van der Waals surface area contributed by atoms with Gasteiger partial charge in [-0.25, -0.2) is 0 Å². The molecular weight excluding hydrogens is 572 g/mol. The first kappa shape index (κ1) is 29.0. The highest BCUT2D eigenvalue weighted by molar-refractivity contribution is 8.02. The van der Waals surface area contributed by atoms with Crippen molar-refractivity contribution in [1.29, 1.82) is 0 Å². The molecule has 4 aliphatic rings. The monoisotopic (exact) mass is 606 g/mol. The first-order valence-corrected chi connectivity index (χ1v) is 15.7. The number of allylic oxidation sites excluding steroid dienone is 1. The Morgan fingerprint density at radius 3 is 2.57 bits per heavy atom. The van der Waals surface area contributed by atoms with Crippen molar-refractivity contribution in [1.82, 2.24) is 4.90 Å². The van der Waals surface area contributed by atoms with Gasteiger partial charge in [0.15, 0.2) is 0 Å². The predicted octanol–water partition coefficient (Wildman–Crippen LogP) is 4.74. The van der Waals surface area contributed by atoms with E-state index >= 15 is 0 Å². The van der Waals surface area contributed by atoms with Crippen molar-refractivity contribution < 1.29 is 24.2 Å². The molecule has 42 heavy (non-hydrogen) atoms. The van der Waals surface area contributed by atoms with Crippen molar-refractivity contribution in [3.8, 4) is 0 Å². The van der Waals surface area contributed by atoms with Gasteiger partial charge in [-0.05, 0) is 50.3 Å². The maximum atomic E-state index is 14.9. The number of halogens is 1. The average Bonchev–Trinajstić information content (AvgIpc) is 3.32. The summed E-state index contributed by atoms with van der Waals surface area (Å²) in [7, 11) is 0.